The first-order chi connectivity index (χ1) is 10.8. The quantitative estimate of drug-likeness (QED) is 0.236. The van der Waals surface area contributed by atoms with E-state index in [9.17, 15) is 35.7 Å². The van der Waals surface area contributed by atoms with Crippen LogP contribution in [-0.2, 0) is 9.47 Å². The van der Waals surface area contributed by atoms with E-state index in [1.165, 1.54) is 0 Å². The van der Waals surface area contributed by atoms with Crippen molar-refractivity contribution in [2.75, 3.05) is 13.2 Å². The zero-order chi connectivity index (χ0) is 17.3. The van der Waals surface area contributed by atoms with Gasteiger partial charge in [-0.1, -0.05) is 0 Å². The molecule has 23 heavy (non-hydrogen) atoms. The summed E-state index contributed by atoms with van der Waals surface area (Å²) in [6.45, 7) is -1.22. The van der Waals surface area contributed by atoms with Crippen LogP contribution < -0.4 is 5.32 Å². The van der Waals surface area contributed by atoms with Gasteiger partial charge in [0.25, 0.3) is 0 Å². The van der Waals surface area contributed by atoms with E-state index in [1.807, 2.05) is 0 Å². The Hall–Kier alpha value is -0.440. The molecule has 136 valence electrons. The fourth-order valence-electron chi connectivity index (χ4n) is 2.70. The van der Waals surface area contributed by atoms with Gasteiger partial charge in [-0.25, -0.2) is 0 Å². The summed E-state index contributed by atoms with van der Waals surface area (Å²) in [7, 11) is 0. The van der Waals surface area contributed by atoms with E-state index in [0.29, 0.717) is 0 Å². The molecule has 0 aromatic heterocycles. The zero-order valence-corrected chi connectivity index (χ0v) is 12.1. The molecular formula is C12H23NO10. The van der Waals surface area contributed by atoms with Gasteiger partial charge in [-0.05, 0) is 0 Å². The van der Waals surface area contributed by atoms with Crippen LogP contribution in [0, 0.1) is 0 Å². The second-order valence-corrected chi connectivity index (χ2v) is 5.68. The number of aliphatic hydroxyl groups is 8. The molecule has 0 aromatic rings. The molecule has 0 bridgehead atoms. The van der Waals surface area contributed by atoms with Gasteiger partial charge in [-0.15, -0.1) is 0 Å². The average molecular weight is 341 g/mol. The third kappa shape index (κ3) is 3.65. The van der Waals surface area contributed by atoms with Crippen molar-refractivity contribution in [1.29, 1.82) is 0 Å². The summed E-state index contributed by atoms with van der Waals surface area (Å²) < 4.78 is 10.5. The maximum absolute atomic E-state index is 9.98. The minimum Gasteiger partial charge on any atom is -0.395 e. The largest absolute Gasteiger partial charge is 0.395 e. The maximum Gasteiger partial charge on any atom is 0.187 e. The first-order valence-corrected chi connectivity index (χ1v) is 7.18. The Morgan fingerprint density at radius 3 is 2.00 bits per heavy atom. The molecule has 9 N–H and O–H groups in total. The number of hydrogen-bond donors (Lipinski definition) is 9. The normalized spacial score (nSPS) is 51.7. The van der Waals surface area contributed by atoms with E-state index in [-0.39, 0.29) is 0 Å². The SMILES string of the molecule is OC[C@H]1NC(O)[C@H](O)[C@@H](O)[C@@H]1O[C@@H]1O[C@H](CO)[C@@H](O)[C@H](O)[C@H]1O. The molecule has 10 atom stereocenters. The Morgan fingerprint density at radius 1 is 0.783 bits per heavy atom. The lowest BCUT2D eigenvalue weighted by molar-refractivity contribution is -0.327. The number of rotatable bonds is 4. The number of ether oxygens (including phenoxy) is 2. The number of piperidine rings is 1. The van der Waals surface area contributed by atoms with E-state index in [2.05, 4.69) is 5.32 Å². The predicted octanol–water partition coefficient (Wildman–Crippen LogP) is -5.82. The lowest BCUT2D eigenvalue weighted by Gasteiger charge is -2.45. The van der Waals surface area contributed by atoms with Crippen molar-refractivity contribution in [2.45, 2.75) is 61.3 Å². The fourth-order valence-corrected chi connectivity index (χ4v) is 2.70. The Balaban J connectivity index is 2.11. The highest BCUT2D eigenvalue weighted by atomic mass is 16.7. The van der Waals surface area contributed by atoms with Crippen molar-refractivity contribution < 1.29 is 50.3 Å². The molecule has 2 rings (SSSR count). The number of hydrogen-bond acceptors (Lipinski definition) is 11. The smallest absolute Gasteiger partial charge is 0.187 e. The molecule has 0 saturated carbocycles. The maximum atomic E-state index is 9.98. The average Bonchev–Trinajstić information content (AvgIpc) is 2.55. The summed E-state index contributed by atoms with van der Waals surface area (Å²) in [5, 5.41) is 79.2. The summed E-state index contributed by atoms with van der Waals surface area (Å²) in [6.07, 6.45) is -13.7. The van der Waals surface area contributed by atoms with Crippen LogP contribution in [0.25, 0.3) is 0 Å². The Labute approximate surface area is 131 Å². The highest BCUT2D eigenvalue weighted by molar-refractivity contribution is 4.97. The van der Waals surface area contributed by atoms with Gasteiger partial charge in [0, 0.05) is 0 Å². The topological polar surface area (TPSA) is 192 Å². The van der Waals surface area contributed by atoms with Crippen molar-refractivity contribution >= 4 is 0 Å². The summed E-state index contributed by atoms with van der Waals surface area (Å²) in [5.74, 6) is 0. The summed E-state index contributed by atoms with van der Waals surface area (Å²) >= 11 is 0. The third-order valence-electron chi connectivity index (χ3n) is 4.13. The monoisotopic (exact) mass is 341 g/mol. The molecule has 1 unspecified atom stereocenters. The Kier molecular flexibility index (Phi) is 6.27. The molecule has 0 radical (unpaired) electrons. The summed E-state index contributed by atoms with van der Waals surface area (Å²) in [5.41, 5.74) is 0. The molecular weight excluding hydrogens is 318 g/mol. The van der Waals surface area contributed by atoms with Gasteiger partial charge in [-0.3, -0.25) is 5.32 Å². The molecule has 2 saturated heterocycles. The Morgan fingerprint density at radius 2 is 1.43 bits per heavy atom. The standard InChI is InChI=1S/C12H23NO10/c14-1-3-10(7(18)8(19)11(21)13-3)23-12-9(20)6(17)5(16)4(2-15)22-12/h3-21H,1-2H2/t3-,4-,5-,6+,7-,8-,9-,10-,11?,12+/m1/s1. The van der Waals surface area contributed by atoms with E-state index in [1.54, 1.807) is 0 Å². The second-order valence-electron chi connectivity index (χ2n) is 5.68. The van der Waals surface area contributed by atoms with Crippen LogP contribution >= 0.6 is 0 Å². The molecule has 0 aromatic carbocycles. The van der Waals surface area contributed by atoms with Gasteiger partial charge < -0.3 is 50.3 Å². The van der Waals surface area contributed by atoms with E-state index < -0.39 is 74.5 Å². The van der Waals surface area contributed by atoms with Crippen LogP contribution in [0.15, 0.2) is 0 Å². The second kappa shape index (κ2) is 7.63. The van der Waals surface area contributed by atoms with Gasteiger partial charge in [0.15, 0.2) is 6.29 Å². The minimum absolute atomic E-state index is 0.567. The first kappa shape index (κ1) is 18.9. The van der Waals surface area contributed by atoms with Crippen LogP contribution in [0.3, 0.4) is 0 Å². The molecule has 0 aliphatic carbocycles. The summed E-state index contributed by atoms with van der Waals surface area (Å²) in [4.78, 5) is 0. The molecule has 2 aliphatic heterocycles. The minimum atomic E-state index is -1.69. The molecule has 2 heterocycles. The highest BCUT2D eigenvalue weighted by Crippen LogP contribution is 2.26. The number of nitrogens with one attached hydrogen (secondary N) is 1. The molecule has 2 fully saturated rings. The molecule has 2 aliphatic rings. The van der Waals surface area contributed by atoms with Crippen LogP contribution in [0.1, 0.15) is 0 Å². The van der Waals surface area contributed by atoms with E-state index in [0.717, 1.165) is 0 Å². The van der Waals surface area contributed by atoms with Crippen LogP contribution in [0.2, 0.25) is 0 Å². The highest BCUT2D eigenvalue weighted by Gasteiger charge is 2.49. The van der Waals surface area contributed by atoms with Crippen LogP contribution in [0.4, 0.5) is 0 Å². The zero-order valence-electron chi connectivity index (χ0n) is 12.1. The van der Waals surface area contributed by atoms with Crippen molar-refractivity contribution in [3.8, 4) is 0 Å². The molecule has 11 heteroatoms. The molecule has 0 amide bonds. The Bertz CT molecular complexity index is 383. The first-order valence-electron chi connectivity index (χ1n) is 7.18. The van der Waals surface area contributed by atoms with Gasteiger partial charge in [0.05, 0.1) is 19.3 Å². The lowest BCUT2D eigenvalue weighted by atomic mass is 9.94. The van der Waals surface area contributed by atoms with Gasteiger partial charge in [0.1, 0.15) is 49.0 Å². The molecule has 11 nitrogen and oxygen atoms in total. The van der Waals surface area contributed by atoms with Crippen LogP contribution in [0.5, 0.6) is 0 Å². The summed E-state index contributed by atoms with van der Waals surface area (Å²) in [6, 6.07) is -0.990. The third-order valence-corrected chi connectivity index (χ3v) is 4.13. The van der Waals surface area contributed by atoms with Crippen molar-refractivity contribution in [3.63, 3.8) is 0 Å². The van der Waals surface area contributed by atoms with Crippen molar-refractivity contribution in [3.05, 3.63) is 0 Å². The van der Waals surface area contributed by atoms with Crippen molar-refractivity contribution in [1.82, 2.24) is 5.32 Å². The fraction of sp³-hybridized carbons (Fsp3) is 1.00. The van der Waals surface area contributed by atoms with Gasteiger partial charge >= 0.3 is 0 Å². The van der Waals surface area contributed by atoms with Gasteiger partial charge in [-0.2, -0.15) is 0 Å². The number of aliphatic hydroxyl groups excluding tert-OH is 8. The van der Waals surface area contributed by atoms with Crippen LogP contribution in [-0.4, -0.2) is 115 Å². The van der Waals surface area contributed by atoms with E-state index in [4.69, 9.17) is 14.6 Å². The van der Waals surface area contributed by atoms with E-state index >= 15 is 0 Å². The predicted molar refractivity (Wildman–Crippen MR) is 70.7 cm³/mol. The van der Waals surface area contributed by atoms with Gasteiger partial charge in [0.2, 0.25) is 0 Å². The lowest BCUT2D eigenvalue weighted by Crippen LogP contribution is -2.68. The van der Waals surface area contributed by atoms with Crippen molar-refractivity contribution in [2.24, 2.45) is 0 Å². The molecule has 0 spiro atoms.